The van der Waals surface area contributed by atoms with Crippen LogP contribution >= 0.6 is 11.6 Å². The van der Waals surface area contributed by atoms with Crippen molar-refractivity contribution in [2.45, 2.75) is 63.9 Å². The summed E-state index contributed by atoms with van der Waals surface area (Å²) in [7, 11) is 0. The molecule has 100 valence electrons. The van der Waals surface area contributed by atoms with Crippen molar-refractivity contribution in [2.24, 2.45) is 0 Å². The van der Waals surface area contributed by atoms with Gasteiger partial charge in [0.1, 0.15) is 0 Å². The van der Waals surface area contributed by atoms with Crippen molar-refractivity contribution in [1.29, 1.82) is 0 Å². The Hall–Kier alpha value is -0.530. The van der Waals surface area contributed by atoms with Crippen LogP contribution < -0.4 is 5.32 Å². The second-order valence-corrected chi connectivity index (χ2v) is 6.13. The van der Waals surface area contributed by atoms with Crippen LogP contribution in [0.25, 0.3) is 0 Å². The van der Waals surface area contributed by atoms with E-state index in [-0.39, 0.29) is 0 Å². The minimum Gasteiger partial charge on any atom is -0.308 e. The minimum atomic E-state index is 0.303. The van der Waals surface area contributed by atoms with E-state index in [0.29, 0.717) is 11.4 Å². The zero-order valence-electron chi connectivity index (χ0n) is 11.5. The molecule has 1 aromatic rings. The fraction of sp³-hybridized carbons (Fsp3) is 0.625. The Balaban J connectivity index is 1.95. The third-order valence-corrected chi connectivity index (χ3v) is 4.51. The fourth-order valence-electron chi connectivity index (χ4n) is 2.72. The van der Waals surface area contributed by atoms with Gasteiger partial charge in [0, 0.05) is 18.0 Å². The van der Waals surface area contributed by atoms with Crippen LogP contribution in [-0.4, -0.2) is 11.4 Å². The van der Waals surface area contributed by atoms with Gasteiger partial charge in [-0.2, -0.15) is 0 Å². The number of rotatable bonds is 3. The standard InChI is InChI=1S/C16H24ClN/c1-12-8-9-13(2)14(10-12)11-18-16-7-5-3-4-6-15(16)17/h8-10,15-16,18H,3-7,11H2,1-2H3. The molecular formula is C16H24ClN. The summed E-state index contributed by atoms with van der Waals surface area (Å²) in [6.45, 7) is 5.28. The van der Waals surface area contributed by atoms with E-state index in [2.05, 4.69) is 37.4 Å². The van der Waals surface area contributed by atoms with Crippen LogP contribution in [0.1, 0.15) is 48.8 Å². The second kappa shape index (κ2) is 6.58. The molecule has 1 nitrogen and oxygen atoms in total. The number of benzene rings is 1. The predicted molar refractivity (Wildman–Crippen MR) is 79.3 cm³/mol. The Morgan fingerprint density at radius 2 is 1.94 bits per heavy atom. The number of alkyl halides is 1. The molecule has 1 aliphatic rings. The van der Waals surface area contributed by atoms with E-state index in [9.17, 15) is 0 Å². The summed E-state index contributed by atoms with van der Waals surface area (Å²) >= 11 is 6.46. The first kappa shape index (κ1) is 13.9. The zero-order valence-corrected chi connectivity index (χ0v) is 12.3. The molecule has 1 fully saturated rings. The van der Waals surface area contributed by atoms with Crippen molar-refractivity contribution >= 4 is 11.6 Å². The van der Waals surface area contributed by atoms with Crippen LogP contribution in [0.4, 0.5) is 0 Å². The summed E-state index contributed by atoms with van der Waals surface area (Å²) in [5, 5.41) is 3.97. The highest BCUT2D eigenvalue weighted by atomic mass is 35.5. The molecule has 1 aromatic carbocycles. The summed E-state index contributed by atoms with van der Waals surface area (Å²) in [4.78, 5) is 0. The summed E-state index contributed by atoms with van der Waals surface area (Å²) < 4.78 is 0. The first-order valence-corrected chi connectivity index (χ1v) is 7.54. The van der Waals surface area contributed by atoms with Gasteiger partial charge >= 0.3 is 0 Å². The van der Waals surface area contributed by atoms with Gasteiger partial charge in [-0.3, -0.25) is 0 Å². The number of hydrogen-bond acceptors (Lipinski definition) is 1. The molecule has 0 heterocycles. The van der Waals surface area contributed by atoms with Crippen LogP contribution in [0.15, 0.2) is 18.2 Å². The maximum absolute atomic E-state index is 6.46. The molecule has 0 aromatic heterocycles. The minimum absolute atomic E-state index is 0.303. The summed E-state index contributed by atoms with van der Waals surface area (Å²) in [5.74, 6) is 0. The topological polar surface area (TPSA) is 12.0 Å². The molecule has 1 saturated carbocycles. The molecule has 0 radical (unpaired) electrons. The third kappa shape index (κ3) is 3.73. The number of nitrogens with one attached hydrogen (secondary N) is 1. The summed E-state index contributed by atoms with van der Waals surface area (Å²) in [6, 6.07) is 7.14. The zero-order chi connectivity index (χ0) is 13.0. The highest BCUT2D eigenvalue weighted by Crippen LogP contribution is 2.23. The molecule has 2 heteroatoms. The van der Waals surface area contributed by atoms with E-state index in [1.807, 2.05) is 0 Å². The first-order valence-electron chi connectivity index (χ1n) is 7.10. The van der Waals surface area contributed by atoms with Gasteiger partial charge in [-0.15, -0.1) is 11.6 Å². The maximum Gasteiger partial charge on any atom is 0.0489 e. The lowest BCUT2D eigenvalue weighted by Gasteiger charge is -2.22. The summed E-state index contributed by atoms with van der Waals surface area (Å²) in [5.41, 5.74) is 4.11. The van der Waals surface area contributed by atoms with Gasteiger partial charge in [0.05, 0.1) is 0 Å². The van der Waals surface area contributed by atoms with E-state index in [1.54, 1.807) is 0 Å². The van der Waals surface area contributed by atoms with Crippen LogP contribution in [0, 0.1) is 13.8 Å². The normalized spacial score (nSPS) is 24.8. The SMILES string of the molecule is Cc1ccc(C)c(CNC2CCCCCC2Cl)c1. The highest BCUT2D eigenvalue weighted by Gasteiger charge is 2.21. The average molecular weight is 266 g/mol. The van der Waals surface area contributed by atoms with Gasteiger partial charge in [-0.25, -0.2) is 0 Å². The lowest BCUT2D eigenvalue weighted by atomic mass is 10.0. The molecule has 0 saturated heterocycles. The van der Waals surface area contributed by atoms with Gasteiger partial charge in [-0.05, 0) is 37.8 Å². The number of halogens is 1. The number of hydrogen-bond donors (Lipinski definition) is 1. The van der Waals surface area contributed by atoms with E-state index in [0.717, 1.165) is 13.0 Å². The Morgan fingerprint density at radius 3 is 2.78 bits per heavy atom. The van der Waals surface area contributed by atoms with Crippen molar-refractivity contribution in [3.63, 3.8) is 0 Å². The van der Waals surface area contributed by atoms with Crippen molar-refractivity contribution in [3.05, 3.63) is 34.9 Å². The van der Waals surface area contributed by atoms with Crippen LogP contribution in [0.3, 0.4) is 0 Å². The Bertz CT molecular complexity index is 389. The lowest BCUT2D eigenvalue weighted by Crippen LogP contribution is -2.36. The van der Waals surface area contributed by atoms with Gasteiger partial charge in [0.25, 0.3) is 0 Å². The molecule has 0 aliphatic heterocycles. The quantitative estimate of drug-likeness (QED) is 0.634. The Kier molecular flexibility index (Phi) is 5.08. The lowest BCUT2D eigenvalue weighted by molar-refractivity contribution is 0.464. The molecule has 1 aliphatic carbocycles. The van der Waals surface area contributed by atoms with E-state index in [1.165, 1.54) is 42.4 Å². The van der Waals surface area contributed by atoms with Crippen molar-refractivity contribution in [2.75, 3.05) is 0 Å². The smallest absolute Gasteiger partial charge is 0.0489 e. The molecule has 0 spiro atoms. The van der Waals surface area contributed by atoms with E-state index >= 15 is 0 Å². The van der Waals surface area contributed by atoms with Gasteiger partial charge in [0.2, 0.25) is 0 Å². The van der Waals surface area contributed by atoms with Gasteiger partial charge in [-0.1, -0.05) is 43.0 Å². The van der Waals surface area contributed by atoms with Crippen molar-refractivity contribution < 1.29 is 0 Å². The van der Waals surface area contributed by atoms with Crippen LogP contribution in [0.5, 0.6) is 0 Å². The second-order valence-electron chi connectivity index (χ2n) is 5.57. The molecule has 2 unspecified atom stereocenters. The van der Waals surface area contributed by atoms with E-state index in [4.69, 9.17) is 11.6 Å². The molecule has 18 heavy (non-hydrogen) atoms. The van der Waals surface area contributed by atoms with Crippen molar-refractivity contribution in [1.82, 2.24) is 5.32 Å². The third-order valence-electron chi connectivity index (χ3n) is 3.99. The summed E-state index contributed by atoms with van der Waals surface area (Å²) in [6.07, 6.45) is 6.32. The largest absolute Gasteiger partial charge is 0.308 e. The molecule has 2 rings (SSSR count). The fourth-order valence-corrected chi connectivity index (χ4v) is 3.09. The molecule has 2 atom stereocenters. The molecular weight excluding hydrogens is 242 g/mol. The van der Waals surface area contributed by atoms with Gasteiger partial charge in [0.15, 0.2) is 0 Å². The monoisotopic (exact) mass is 265 g/mol. The first-order chi connectivity index (χ1) is 8.66. The molecule has 0 amide bonds. The Labute approximate surface area is 116 Å². The van der Waals surface area contributed by atoms with Gasteiger partial charge < -0.3 is 5.32 Å². The Morgan fingerprint density at radius 1 is 1.17 bits per heavy atom. The molecule has 1 N–H and O–H groups in total. The van der Waals surface area contributed by atoms with Crippen LogP contribution in [-0.2, 0) is 6.54 Å². The highest BCUT2D eigenvalue weighted by molar-refractivity contribution is 6.21. The maximum atomic E-state index is 6.46. The molecule has 0 bridgehead atoms. The van der Waals surface area contributed by atoms with Crippen LogP contribution in [0.2, 0.25) is 0 Å². The van der Waals surface area contributed by atoms with E-state index < -0.39 is 0 Å². The van der Waals surface area contributed by atoms with Crippen molar-refractivity contribution in [3.8, 4) is 0 Å². The predicted octanol–water partition coefficient (Wildman–Crippen LogP) is 4.33. The number of aryl methyl sites for hydroxylation is 2. The average Bonchev–Trinajstić information content (AvgIpc) is 2.55.